The summed E-state index contributed by atoms with van der Waals surface area (Å²) in [5.74, 6) is -0.424. The Morgan fingerprint density at radius 1 is 1.50 bits per heavy atom. The van der Waals surface area contributed by atoms with Gasteiger partial charge in [-0.05, 0) is 38.0 Å². The minimum absolute atomic E-state index is 0.000445. The van der Waals surface area contributed by atoms with Crippen molar-refractivity contribution in [1.29, 1.82) is 0 Å². The fraction of sp³-hybridized carbons (Fsp3) is 0.462. The average molecular weight is 270 g/mol. The average Bonchev–Trinajstić information content (AvgIpc) is 2.70. The van der Waals surface area contributed by atoms with Crippen molar-refractivity contribution < 1.29 is 14.3 Å². The molecular formula is C13H16ClNO3. The number of hydrogen-bond acceptors (Lipinski definition) is 4. The number of halogens is 1. The molecule has 2 atom stereocenters. The van der Waals surface area contributed by atoms with Crippen LogP contribution in [0.3, 0.4) is 0 Å². The lowest BCUT2D eigenvalue weighted by Crippen LogP contribution is -2.19. The van der Waals surface area contributed by atoms with Gasteiger partial charge in [0.1, 0.15) is 6.61 Å². The molecule has 4 nitrogen and oxygen atoms in total. The molecule has 1 aliphatic rings. The number of nitrogen functional groups attached to an aromatic ring is 1. The number of rotatable bonds is 3. The van der Waals surface area contributed by atoms with Crippen LogP contribution in [0.2, 0.25) is 5.02 Å². The Morgan fingerprint density at radius 2 is 2.28 bits per heavy atom. The van der Waals surface area contributed by atoms with Gasteiger partial charge in [0.2, 0.25) is 0 Å². The predicted molar refractivity (Wildman–Crippen MR) is 69.7 cm³/mol. The van der Waals surface area contributed by atoms with Gasteiger partial charge in [0.15, 0.2) is 0 Å². The third kappa shape index (κ3) is 3.37. The highest BCUT2D eigenvalue weighted by Crippen LogP contribution is 2.21. The predicted octanol–water partition coefficient (Wildman–Crippen LogP) is 2.65. The molecule has 0 aliphatic carbocycles. The molecule has 1 heterocycles. The molecule has 0 bridgehead atoms. The van der Waals surface area contributed by atoms with Crippen LogP contribution >= 0.6 is 11.6 Å². The van der Waals surface area contributed by atoms with Gasteiger partial charge in [0.05, 0.1) is 17.8 Å². The van der Waals surface area contributed by atoms with E-state index in [1.54, 1.807) is 18.2 Å². The number of benzene rings is 1. The van der Waals surface area contributed by atoms with Crippen LogP contribution < -0.4 is 5.73 Å². The largest absolute Gasteiger partial charge is 0.459 e. The lowest BCUT2D eigenvalue weighted by molar-refractivity contribution is -0.00265. The van der Waals surface area contributed by atoms with E-state index in [4.69, 9.17) is 26.8 Å². The quantitative estimate of drug-likeness (QED) is 0.677. The number of hydrogen-bond donors (Lipinski definition) is 1. The van der Waals surface area contributed by atoms with Crippen LogP contribution in [-0.2, 0) is 9.47 Å². The highest BCUT2D eigenvalue weighted by Gasteiger charge is 2.23. The van der Waals surface area contributed by atoms with E-state index in [0.29, 0.717) is 16.3 Å². The van der Waals surface area contributed by atoms with Crippen molar-refractivity contribution in [1.82, 2.24) is 0 Å². The third-order valence-electron chi connectivity index (χ3n) is 2.88. The Kier molecular flexibility index (Phi) is 4.09. The summed E-state index contributed by atoms with van der Waals surface area (Å²) in [5, 5.41) is 0.424. The molecule has 2 rings (SSSR count). The number of carbonyl (C=O) groups is 1. The third-order valence-corrected chi connectivity index (χ3v) is 3.09. The SMILES string of the molecule is CC1CCC(COC(=O)c2cc(N)cc(Cl)c2)O1. The molecule has 1 saturated heterocycles. The molecule has 1 aliphatic heterocycles. The van der Waals surface area contributed by atoms with Gasteiger partial charge in [-0.25, -0.2) is 4.79 Å². The van der Waals surface area contributed by atoms with Gasteiger partial charge in [0, 0.05) is 10.7 Å². The van der Waals surface area contributed by atoms with E-state index in [9.17, 15) is 4.79 Å². The summed E-state index contributed by atoms with van der Waals surface area (Å²) in [6.45, 7) is 2.29. The van der Waals surface area contributed by atoms with E-state index in [1.165, 1.54) is 0 Å². The summed E-state index contributed by atoms with van der Waals surface area (Å²) in [6.07, 6.45) is 2.18. The van der Waals surface area contributed by atoms with Gasteiger partial charge in [-0.2, -0.15) is 0 Å². The Balaban J connectivity index is 1.91. The molecular weight excluding hydrogens is 254 g/mol. The monoisotopic (exact) mass is 269 g/mol. The lowest BCUT2D eigenvalue weighted by Gasteiger charge is -2.12. The summed E-state index contributed by atoms with van der Waals surface area (Å²) in [6, 6.07) is 4.67. The normalized spacial score (nSPS) is 23.0. The first-order chi connectivity index (χ1) is 8.54. The summed E-state index contributed by atoms with van der Waals surface area (Å²) >= 11 is 5.83. The zero-order chi connectivity index (χ0) is 13.1. The van der Waals surface area contributed by atoms with E-state index < -0.39 is 5.97 Å². The van der Waals surface area contributed by atoms with Crippen molar-refractivity contribution in [3.63, 3.8) is 0 Å². The maximum atomic E-state index is 11.8. The van der Waals surface area contributed by atoms with Crippen molar-refractivity contribution >= 4 is 23.3 Å². The van der Waals surface area contributed by atoms with Gasteiger partial charge < -0.3 is 15.2 Å². The number of carbonyl (C=O) groups excluding carboxylic acids is 1. The summed E-state index contributed by atoms with van der Waals surface area (Å²) in [7, 11) is 0. The maximum absolute atomic E-state index is 11.8. The minimum Gasteiger partial charge on any atom is -0.459 e. The van der Waals surface area contributed by atoms with Gasteiger partial charge in [-0.1, -0.05) is 11.6 Å². The van der Waals surface area contributed by atoms with E-state index in [0.717, 1.165) is 12.8 Å². The molecule has 98 valence electrons. The zero-order valence-electron chi connectivity index (χ0n) is 10.2. The number of nitrogens with two attached hydrogens (primary N) is 1. The molecule has 0 amide bonds. The van der Waals surface area contributed by atoms with Gasteiger partial charge >= 0.3 is 5.97 Å². The van der Waals surface area contributed by atoms with Crippen LogP contribution in [0.1, 0.15) is 30.1 Å². The molecule has 5 heteroatoms. The van der Waals surface area contributed by atoms with Crippen molar-refractivity contribution in [2.45, 2.75) is 32.0 Å². The first kappa shape index (κ1) is 13.2. The highest BCUT2D eigenvalue weighted by atomic mass is 35.5. The van der Waals surface area contributed by atoms with Crippen molar-refractivity contribution in [3.05, 3.63) is 28.8 Å². The second kappa shape index (κ2) is 5.59. The molecule has 1 fully saturated rings. The standard InChI is InChI=1S/C13H16ClNO3/c1-8-2-3-12(18-8)7-17-13(16)9-4-10(14)6-11(15)5-9/h4-6,8,12H,2-3,7,15H2,1H3. The highest BCUT2D eigenvalue weighted by molar-refractivity contribution is 6.31. The van der Waals surface area contributed by atoms with E-state index in [1.807, 2.05) is 6.92 Å². The van der Waals surface area contributed by atoms with Crippen LogP contribution in [0.5, 0.6) is 0 Å². The Labute approximate surface area is 111 Å². The topological polar surface area (TPSA) is 61.5 Å². The first-order valence-corrected chi connectivity index (χ1v) is 6.31. The smallest absolute Gasteiger partial charge is 0.338 e. The summed E-state index contributed by atoms with van der Waals surface area (Å²) in [4.78, 5) is 11.8. The molecule has 1 aromatic rings. The van der Waals surface area contributed by atoms with E-state index in [2.05, 4.69) is 0 Å². The molecule has 0 saturated carbocycles. The van der Waals surface area contributed by atoms with E-state index in [-0.39, 0.29) is 18.8 Å². The molecule has 18 heavy (non-hydrogen) atoms. The van der Waals surface area contributed by atoms with Crippen LogP contribution in [0.15, 0.2) is 18.2 Å². The number of ether oxygens (including phenoxy) is 2. The Bertz CT molecular complexity index is 430. The molecule has 1 aromatic carbocycles. The lowest BCUT2D eigenvalue weighted by atomic mass is 10.2. The summed E-state index contributed by atoms with van der Waals surface area (Å²) < 4.78 is 10.8. The number of esters is 1. The molecule has 2 unspecified atom stereocenters. The van der Waals surface area contributed by atoms with Crippen molar-refractivity contribution in [2.75, 3.05) is 12.3 Å². The van der Waals surface area contributed by atoms with E-state index >= 15 is 0 Å². The second-order valence-electron chi connectivity index (χ2n) is 4.52. The second-order valence-corrected chi connectivity index (χ2v) is 4.95. The van der Waals surface area contributed by atoms with Crippen LogP contribution in [0.4, 0.5) is 5.69 Å². The minimum atomic E-state index is -0.424. The molecule has 2 N–H and O–H groups in total. The van der Waals surface area contributed by atoms with Gasteiger partial charge in [-0.3, -0.25) is 0 Å². The van der Waals surface area contributed by atoms with Gasteiger partial charge in [-0.15, -0.1) is 0 Å². The molecule has 0 spiro atoms. The van der Waals surface area contributed by atoms with Crippen LogP contribution in [-0.4, -0.2) is 24.8 Å². The zero-order valence-corrected chi connectivity index (χ0v) is 10.9. The Hall–Kier alpha value is -1.26. The molecule has 0 aromatic heterocycles. The number of anilines is 1. The maximum Gasteiger partial charge on any atom is 0.338 e. The first-order valence-electron chi connectivity index (χ1n) is 5.93. The van der Waals surface area contributed by atoms with Crippen molar-refractivity contribution in [2.24, 2.45) is 0 Å². The fourth-order valence-corrected chi connectivity index (χ4v) is 2.23. The van der Waals surface area contributed by atoms with Crippen LogP contribution in [0, 0.1) is 0 Å². The Morgan fingerprint density at radius 3 is 2.89 bits per heavy atom. The van der Waals surface area contributed by atoms with Gasteiger partial charge in [0.25, 0.3) is 0 Å². The fourth-order valence-electron chi connectivity index (χ4n) is 1.99. The van der Waals surface area contributed by atoms with Crippen LogP contribution in [0.25, 0.3) is 0 Å². The summed E-state index contributed by atoms with van der Waals surface area (Å²) in [5.41, 5.74) is 6.43. The van der Waals surface area contributed by atoms with Crippen molar-refractivity contribution in [3.8, 4) is 0 Å². The molecule has 0 radical (unpaired) electrons.